The third-order valence-electron chi connectivity index (χ3n) is 3.66. The van der Waals surface area contributed by atoms with Gasteiger partial charge in [-0.1, -0.05) is 24.3 Å². The summed E-state index contributed by atoms with van der Waals surface area (Å²) in [7, 11) is 2.08. The van der Waals surface area contributed by atoms with E-state index in [1.165, 1.54) is 22.0 Å². The van der Waals surface area contributed by atoms with E-state index in [2.05, 4.69) is 60.4 Å². The highest BCUT2D eigenvalue weighted by Gasteiger charge is 2.06. The van der Waals surface area contributed by atoms with Gasteiger partial charge in [-0.25, -0.2) is 0 Å². The Bertz CT molecular complexity index is 756. The van der Waals surface area contributed by atoms with Crippen molar-refractivity contribution in [1.82, 2.24) is 4.57 Å². The fourth-order valence-corrected chi connectivity index (χ4v) is 2.58. The lowest BCUT2D eigenvalue weighted by molar-refractivity contribution is 0.956. The van der Waals surface area contributed by atoms with Crippen molar-refractivity contribution in [2.24, 2.45) is 7.05 Å². The standard InChI is InChI=1S/C17H19N3/c1-12-7-8-15(18)16(9-12)19-10-13-11-20(2)17-6-4-3-5-14(13)17/h3-9,11,19H,10,18H2,1-2H3. The second-order valence-electron chi connectivity index (χ2n) is 5.23. The van der Waals surface area contributed by atoms with Gasteiger partial charge in [0, 0.05) is 30.7 Å². The van der Waals surface area contributed by atoms with Gasteiger partial charge in [-0.05, 0) is 36.2 Å². The van der Waals surface area contributed by atoms with Crippen molar-refractivity contribution < 1.29 is 0 Å². The van der Waals surface area contributed by atoms with E-state index in [4.69, 9.17) is 5.73 Å². The summed E-state index contributed by atoms with van der Waals surface area (Å²) < 4.78 is 2.16. The van der Waals surface area contributed by atoms with Crippen LogP contribution in [-0.2, 0) is 13.6 Å². The first kappa shape index (κ1) is 12.6. The summed E-state index contributed by atoms with van der Waals surface area (Å²) in [6.45, 7) is 2.84. The van der Waals surface area contributed by atoms with Crippen LogP contribution in [0.1, 0.15) is 11.1 Å². The van der Waals surface area contributed by atoms with Crippen LogP contribution in [0.15, 0.2) is 48.7 Å². The lowest BCUT2D eigenvalue weighted by Crippen LogP contribution is -2.02. The van der Waals surface area contributed by atoms with E-state index in [0.29, 0.717) is 0 Å². The number of nitrogens with one attached hydrogen (secondary N) is 1. The van der Waals surface area contributed by atoms with Gasteiger partial charge in [-0.3, -0.25) is 0 Å². The average molecular weight is 265 g/mol. The Balaban J connectivity index is 1.89. The number of aromatic nitrogens is 1. The SMILES string of the molecule is Cc1ccc(N)c(NCc2cn(C)c3ccccc23)c1. The highest BCUT2D eigenvalue weighted by molar-refractivity contribution is 5.84. The Morgan fingerprint density at radius 1 is 1.15 bits per heavy atom. The van der Waals surface area contributed by atoms with Crippen molar-refractivity contribution in [3.05, 3.63) is 59.8 Å². The molecule has 0 bridgehead atoms. The zero-order chi connectivity index (χ0) is 14.1. The van der Waals surface area contributed by atoms with Crippen molar-refractivity contribution in [2.75, 3.05) is 11.1 Å². The van der Waals surface area contributed by atoms with E-state index in [9.17, 15) is 0 Å². The minimum atomic E-state index is 0.773. The predicted octanol–water partition coefficient (Wildman–Crippen LogP) is 3.68. The van der Waals surface area contributed by atoms with Crippen LogP contribution >= 0.6 is 0 Å². The molecule has 0 atom stereocenters. The van der Waals surface area contributed by atoms with Crippen LogP contribution in [0.25, 0.3) is 10.9 Å². The first-order valence-corrected chi connectivity index (χ1v) is 6.78. The van der Waals surface area contributed by atoms with Crippen LogP contribution in [0.2, 0.25) is 0 Å². The average Bonchev–Trinajstić information content (AvgIpc) is 2.77. The van der Waals surface area contributed by atoms with Crippen molar-refractivity contribution in [2.45, 2.75) is 13.5 Å². The Morgan fingerprint density at radius 2 is 1.95 bits per heavy atom. The molecular formula is C17H19N3. The number of rotatable bonds is 3. The Kier molecular flexibility index (Phi) is 3.11. The molecule has 0 saturated heterocycles. The first-order chi connectivity index (χ1) is 9.65. The molecule has 20 heavy (non-hydrogen) atoms. The number of fused-ring (bicyclic) bond motifs is 1. The van der Waals surface area contributed by atoms with Crippen LogP contribution in [0.3, 0.4) is 0 Å². The predicted molar refractivity (Wildman–Crippen MR) is 85.8 cm³/mol. The smallest absolute Gasteiger partial charge is 0.0579 e. The third kappa shape index (κ3) is 2.23. The number of hydrogen-bond acceptors (Lipinski definition) is 2. The van der Waals surface area contributed by atoms with Gasteiger partial charge >= 0.3 is 0 Å². The van der Waals surface area contributed by atoms with Crippen LogP contribution in [0.4, 0.5) is 11.4 Å². The third-order valence-corrected chi connectivity index (χ3v) is 3.66. The van der Waals surface area contributed by atoms with Gasteiger partial charge in [-0.15, -0.1) is 0 Å². The normalized spacial score (nSPS) is 10.9. The number of benzene rings is 2. The molecule has 0 aliphatic carbocycles. The summed E-state index contributed by atoms with van der Waals surface area (Å²) >= 11 is 0. The fraction of sp³-hybridized carbons (Fsp3) is 0.176. The van der Waals surface area contributed by atoms with E-state index >= 15 is 0 Å². The first-order valence-electron chi connectivity index (χ1n) is 6.78. The number of hydrogen-bond donors (Lipinski definition) is 2. The van der Waals surface area contributed by atoms with Gasteiger partial charge in [0.05, 0.1) is 11.4 Å². The molecule has 0 amide bonds. The van der Waals surface area contributed by atoms with E-state index in [0.717, 1.165) is 17.9 Å². The number of nitrogens with two attached hydrogens (primary N) is 1. The molecule has 0 aliphatic heterocycles. The molecule has 0 unspecified atom stereocenters. The Hall–Kier alpha value is -2.42. The van der Waals surface area contributed by atoms with Gasteiger partial charge in [0.2, 0.25) is 0 Å². The Labute approximate surface area is 119 Å². The second kappa shape index (κ2) is 4.93. The second-order valence-corrected chi connectivity index (χ2v) is 5.23. The lowest BCUT2D eigenvalue weighted by atomic mass is 10.1. The number of nitrogens with zero attached hydrogens (tertiary/aromatic N) is 1. The van der Waals surface area contributed by atoms with E-state index in [1.807, 2.05) is 12.1 Å². The molecule has 3 N–H and O–H groups in total. The Morgan fingerprint density at radius 3 is 2.80 bits per heavy atom. The quantitative estimate of drug-likeness (QED) is 0.709. The number of para-hydroxylation sites is 1. The monoisotopic (exact) mass is 265 g/mol. The van der Waals surface area contributed by atoms with Crippen LogP contribution in [0, 0.1) is 6.92 Å². The van der Waals surface area contributed by atoms with Gasteiger partial charge < -0.3 is 15.6 Å². The highest BCUT2D eigenvalue weighted by atomic mass is 14.9. The highest BCUT2D eigenvalue weighted by Crippen LogP contribution is 2.24. The minimum absolute atomic E-state index is 0.773. The van der Waals surface area contributed by atoms with Crippen molar-refractivity contribution in [1.29, 1.82) is 0 Å². The summed E-state index contributed by atoms with van der Waals surface area (Å²) in [5, 5.41) is 4.72. The summed E-state index contributed by atoms with van der Waals surface area (Å²) in [6, 6.07) is 14.5. The van der Waals surface area contributed by atoms with Gasteiger partial charge in [0.25, 0.3) is 0 Å². The van der Waals surface area contributed by atoms with Crippen LogP contribution in [0.5, 0.6) is 0 Å². The van der Waals surface area contributed by atoms with Gasteiger partial charge in [-0.2, -0.15) is 0 Å². The maximum absolute atomic E-state index is 6.00. The number of anilines is 2. The molecule has 0 spiro atoms. The zero-order valence-electron chi connectivity index (χ0n) is 11.9. The fourth-order valence-electron chi connectivity index (χ4n) is 2.58. The molecule has 0 aliphatic rings. The largest absolute Gasteiger partial charge is 0.397 e. The molecule has 0 radical (unpaired) electrons. The van der Waals surface area contributed by atoms with E-state index in [-0.39, 0.29) is 0 Å². The van der Waals surface area contributed by atoms with Crippen LogP contribution in [-0.4, -0.2) is 4.57 Å². The van der Waals surface area contributed by atoms with Gasteiger partial charge in [0.15, 0.2) is 0 Å². The molecule has 1 heterocycles. The van der Waals surface area contributed by atoms with Crippen molar-refractivity contribution >= 4 is 22.3 Å². The van der Waals surface area contributed by atoms with Crippen molar-refractivity contribution in [3.63, 3.8) is 0 Å². The molecule has 3 rings (SSSR count). The van der Waals surface area contributed by atoms with E-state index < -0.39 is 0 Å². The van der Waals surface area contributed by atoms with Crippen LogP contribution < -0.4 is 11.1 Å². The maximum atomic E-state index is 6.00. The molecule has 3 aromatic rings. The summed E-state index contributed by atoms with van der Waals surface area (Å²) in [6.07, 6.45) is 2.17. The van der Waals surface area contributed by atoms with Crippen molar-refractivity contribution in [3.8, 4) is 0 Å². The molecule has 0 fully saturated rings. The summed E-state index contributed by atoms with van der Waals surface area (Å²) in [4.78, 5) is 0. The van der Waals surface area contributed by atoms with E-state index in [1.54, 1.807) is 0 Å². The number of nitrogen functional groups attached to an aromatic ring is 1. The minimum Gasteiger partial charge on any atom is -0.397 e. The molecule has 1 aromatic heterocycles. The molecule has 0 saturated carbocycles. The molecule has 3 nitrogen and oxygen atoms in total. The molecule has 3 heteroatoms. The molecule has 102 valence electrons. The maximum Gasteiger partial charge on any atom is 0.0579 e. The number of aryl methyl sites for hydroxylation is 2. The summed E-state index contributed by atoms with van der Waals surface area (Å²) in [5.41, 5.74) is 11.5. The lowest BCUT2D eigenvalue weighted by Gasteiger charge is -2.09. The molecule has 2 aromatic carbocycles. The topological polar surface area (TPSA) is 43.0 Å². The molecular weight excluding hydrogens is 246 g/mol. The van der Waals surface area contributed by atoms with Gasteiger partial charge in [0.1, 0.15) is 0 Å². The zero-order valence-corrected chi connectivity index (χ0v) is 11.9. The summed E-state index contributed by atoms with van der Waals surface area (Å²) in [5.74, 6) is 0.